The summed E-state index contributed by atoms with van der Waals surface area (Å²) in [6.45, 7) is 4.30. The summed E-state index contributed by atoms with van der Waals surface area (Å²) in [6, 6.07) is 1.78. The molecule has 0 bridgehead atoms. The van der Waals surface area contributed by atoms with Crippen LogP contribution < -0.4 is 0 Å². The predicted octanol–water partition coefficient (Wildman–Crippen LogP) is 3.21. The molecule has 3 rings (SSSR count). The third-order valence-corrected chi connectivity index (χ3v) is 5.62. The first-order valence-corrected chi connectivity index (χ1v) is 9.01. The molecule has 112 valence electrons. The minimum atomic E-state index is 0.0612. The van der Waals surface area contributed by atoms with Crippen molar-refractivity contribution in [1.29, 1.82) is 0 Å². The predicted molar refractivity (Wildman–Crippen MR) is 87.2 cm³/mol. The van der Waals surface area contributed by atoms with E-state index < -0.39 is 0 Å². The van der Waals surface area contributed by atoms with Crippen molar-refractivity contribution in [3.05, 3.63) is 37.9 Å². The minimum Gasteiger partial charge on any atom is -0.337 e. The molecule has 0 spiro atoms. The van der Waals surface area contributed by atoms with Crippen LogP contribution in [0.4, 0.5) is 0 Å². The van der Waals surface area contributed by atoms with Gasteiger partial charge in [0, 0.05) is 37.8 Å². The van der Waals surface area contributed by atoms with Crippen molar-refractivity contribution in [1.82, 2.24) is 14.8 Å². The average molecular weight is 342 g/mol. The molecular weight excluding hydrogens is 326 g/mol. The first-order valence-electron chi connectivity index (χ1n) is 6.87. The number of rotatable bonds is 3. The van der Waals surface area contributed by atoms with Crippen molar-refractivity contribution in [2.24, 2.45) is 0 Å². The fourth-order valence-electron chi connectivity index (χ4n) is 2.44. The second kappa shape index (κ2) is 6.87. The SMILES string of the molecule is O=C(c1sccc1Cl)N1CCCN(Cc2nccs2)CC1. The highest BCUT2D eigenvalue weighted by Crippen LogP contribution is 2.24. The quantitative estimate of drug-likeness (QED) is 0.860. The van der Waals surface area contributed by atoms with E-state index in [2.05, 4.69) is 9.88 Å². The maximum atomic E-state index is 12.5. The number of hydrogen-bond acceptors (Lipinski definition) is 5. The Balaban J connectivity index is 1.60. The Morgan fingerprint density at radius 3 is 2.86 bits per heavy atom. The summed E-state index contributed by atoms with van der Waals surface area (Å²) in [5.41, 5.74) is 0. The summed E-state index contributed by atoms with van der Waals surface area (Å²) in [5.74, 6) is 0.0612. The summed E-state index contributed by atoms with van der Waals surface area (Å²) in [4.78, 5) is 21.7. The van der Waals surface area contributed by atoms with Crippen LogP contribution in [0.15, 0.2) is 23.0 Å². The van der Waals surface area contributed by atoms with Crippen LogP contribution >= 0.6 is 34.3 Å². The second-order valence-electron chi connectivity index (χ2n) is 4.95. The van der Waals surface area contributed by atoms with Gasteiger partial charge in [0.15, 0.2) is 0 Å². The Bertz CT molecular complexity index is 599. The highest BCUT2D eigenvalue weighted by molar-refractivity contribution is 7.12. The molecule has 0 aromatic carbocycles. The number of thiophene rings is 1. The largest absolute Gasteiger partial charge is 0.337 e. The second-order valence-corrected chi connectivity index (χ2v) is 7.25. The van der Waals surface area contributed by atoms with Gasteiger partial charge in [0.25, 0.3) is 5.91 Å². The molecule has 4 nitrogen and oxygen atoms in total. The summed E-state index contributed by atoms with van der Waals surface area (Å²) in [6.07, 6.45) is 2.83. The van der Waals surface area contributed by atoms with Gasteiger partial charge in [0.1, 0.15) is 9.88 Å². The molecule has 0 unspecified atom stereocenters. The number of aromatic nitrogens is 1. The normalized spacial score (nSPS) is 16.9. The van der Waals surface area contributed by atoms with Gasteiger partial charge in [-0.05, 0) is 17.9 Å². The first-order chi connectivity index (χ1) is 10.2. The van der Waals surface area contributed by atoms with E-state index >= 15 is 0 Å². The molecule has 7 heteroatoms. The Morgan fingerprint density at radius 2 is 2.14 bits per heavy atom. The van der Waals surface area contributed by atoms with Gasteiger partial charge in [-0.25, -0.2) is 4.98 Å². The summed E-state index contributed by atoms with van der Waals surface area (Å²) < 4.78 is 0. The molecular formula is C14H16ClN3OS2. The van der Waals surface area contributed by atoms with Gasteiger partial charge in [-0.1, -0.05) is 11.6 Å². The number of nitrogens with zero attached hydrogens (tertiary/aromatic N) is 3. The number of hydrogen-bond donors (Lipinski definition) is 0. The van der Waals surface area contributed by atoms with Crippen LogP contribution in [-0.2, 0) is 6.54 Å². The lowest BCUT2D eigenvalue weighted by Crippen LogP contribution is -2.34. The van der Waals surface area contributed by atoms with Gasteiger partial charge in [0.05, 0.1) is 11.6 Å². The molecule has 2 aromatic rings. The summed E-state index contributed by atoms with van der Waals surface area (Å²) in [7, 11) is 0. The standard InChI is InChI=1S/C14H16ClN3OS2/c15-11-2-8-21-13(11)14(19)18-5-1-4-17(6-7-18)10-12-16-3-9-20-12/h2-3,8-9H,1,4-7,10H2. The van der Waals surface area contributed by atoms with E-state index in [-0.39, 0.29) is 5.91 Å². The Labute approximate surface area is 137 Å². The third-order valence-electron chi connectivity index (χ3n) is 3.53. The van der Waals surface area contributed by atoms with Crippen molar-refractivity contribution in [3.63, 3.8) is 0 Å². The molecule has 0 N–H and O–H groups in total. The Morgan fingerprint density at radius 1 is 1.24 bits per heavy atom. The van der Waals surface area contributed by atoms with Crippen molar-refractivity contribution >= 4 is 40.2 Å². The fourth-order valence-corrected chi connectivity index (χ4v) is 4.20. The fraction of sp³-hybridized carbons (Fsp3) is 0.429. The number of amides is 1. The van der Waals surface area contributed by atoms with E-state index in [0.29, 0.717) is 9.90 Å². The van der Waals surface area contributed by atoms with Gasteiger partial charge in [-0.2, -0.15) is 0 Å². The van der Waals surface area contributed by atoms with E-state index in [9.17, 15) is 4.79 Å². The van der Waals surface area contributed by atoms with Gasteiger partial charge in [-0.3, -0.25) is 9.69 Å². The molecule has 1 amide bonds. The van der Waals surface area contributed by atoms with Crippen LogP contribution in [0.5, 0.6) is 0 Å². The van der Waals surface area contributed by atoms with Gasteiger partial charge >= 0.3 is 0 Å². The van der Waals surface area contributed by atoms with Crippen LogP contribution in [0, 0.1) is 0 Å². The van der Waals surface area contributed by atoms with Crippen molar-refractivity contribution in [3.8, 4) is 0 Å². The molecule has 3 heterocycles. The van der Waals surface area contributed by atoms with Crippen LogP contribution in [0.1, 0.15) is 21.1 Å². The van der Waals surface area contributed by atoms with E-state index in [4.69, 9.17) is 11.6 Å². The molecule has 0 atom stereocenters. The monoisotopic (exact) mass is 341 g/mol. The Hall–Kier alpha value is -0.950. The molecule has 1 fully saturated rings. The van der Waals surface area contributed by atoms with Crippen LogP contribution in [-0.4, -0.2) is 46.9 Å². The minimum absolute atomic E-state index is 0.0612. The van der Waals surface area contributed by atoms with E-state index in [1.165, 1.54) is 11.3 Å². The zero-order valence-corrected chi connectivity index (χ0v) is 13.9. The number of carbonyl (C=O) groups is 1. The van der Waals surface area contributed by atoms with Gasteiger partial charge in [-0.15, -0.1) is 22.7 Å². The average Bonchev–Trinajstić information content (AvgIpc) is 3.07. The van der Waals surface area contributed by atoms with Crippen molar-refractivity contribution in [2.75, 3.05) is 26.2 Å². The van der Waals surface area contributed by atoms with Crippen LogP contribution in [0.25, 0.3) is 0 Å². The smallest absolute Gasteiger partial charge is 0.265 e. The van der Waals surface area contributed by atoms with E-state index in [1.807, 2.05) is 21.9 Å². The summed E-state index contributed by atoms with van der Waals surface area (Å²) >= 11 is 9.16. The lowest BCUT2D eigenvalue weighted by atomic mass is 10.3. The topological polar surface area (TPSA) is 36.4 Å². The van der Waals surface area contributed by atoms with Crippen LogP contribution in [0.3, 0.4) is 0 Å². The van der Waals surface area contributed by atoms with Crippen LogP contribution in [0.2, 0.25) is 5.02 Å². The molecule has 21 heavy (non-hydrogen) atoms. The molecule has 1 aliphatic heterocycles. The molecule has 1 aliphatic rings. The molecule has 2 aromatic heterocycles. The number of carbonyl (C=O) groups excluding carboxylic acids is 1. The number of thiazole rings is 1. The van der Waals surface area contributed by atoms with Gasteiger partial charge < -0.3 is 4.90 Å². The number of halogens is 1. The lowest BCUT2D eigenvalue weighted by molar-refractivity contribution is 0.0766. The van der Waals surface area contributed by atoms with Gasteiger partial charge in [0.2, 0.25) is 0 Å². The zero-order valence-electron chi connectivity index (χ0n) is 11.5. The first kappa shape index (κ1) is 15.0. The molecule has 0 saturated carbocycles. The maximum Gasteiger partial charge on any atom is 0.265 e. The Kier molecular flexibility index (Phi) is 4.90. The van der Waals surface area contributed by atoms with Crippen molar-refractivity contribution in [2.45, 2.75) is 13.0 Å². The molecule has 0 aliphatic carbocycles. The highest BCUT2D eigenvalue weighted by atomic mass is 35.5. The zero-order chi connectivity index (χ0) is 14.7. The third kappa shape index (κ3) is 3.63. The highest BCUT2D eigenvalue weighted by Gasteiger charge is 2.23. The lowest BCUT2D eigenvalue weighted by Gasteiger charge is -2.21. The van der Waals surface area contributed by atoms with E-state index in [0.717, 1.165) is 44.2 Å². The maximum absolute atomic E-state index is 12.5. The summed E-state index contributed by atoms with van der Waals surface area (Å²) in [5, 5.41) is 5.56. The molecule has 0 radical (unpaired) electrons. The molecule has 1 saturated heterocycles. The van der Waals surface area contributed by atoms with Crippen molar-refractivity contribution < 1.29 is 4.79 Å². The van der Waals surface area contributed by atoms with E-state index in [1.54, 1.807) is 17.4 Å².